The van der Waals surface area contributed by atoms with Gasteiger partial charge >= 0.3 is 0 Å². The molecule has 0 saturated carbocycles. The van der Waals surface area contributed by atoms with Crippen LogP contribution in [0.4, 0.5) is 0 Å². The van der Waals surface area contributed by atoms with E-state index in [-0.39, 0.29) is 17.4 Å². The molecule has 0 saturated heterocycles. The first-order valence-electron chi connectivity index (χ1n) is 9.26. The number of furan rings is 1. The van der Waals surface area contributed by atoms with Gasteiger partial charge in [0.25, 0.3) is 5.91 Å². The smallest absolute Gasteiger partial charge is 0.287 e. The van der Waals surface area contributed by atoms with Crippen LogP contribution < -0.4 is 5.32 Å². The van der Waals surface area contributed by atoms with Crippen molar-refractivity contribution < 1.29 is 13.4 Å². The van der Waals surface area contributed by atoms with Crippen LogP contribution >= 0.6 is 15.9 Å². The maximum atomic E-state index is 12.4. The lowest BCUT2D eigenvalue weighted by Gasteiger charge is -2.20. The van der Waals surface area contributed by atoms with Gasteiger partial charge in [0.15, 0.2) is 5.76 Å². The van der Waals surface area contributed by atoms with E-state index in [9.17, 15) is 9.00 Å². The van der Waals surface area contributed by atoms with Gasteiger partial charge in [-0.25, -0.2) is 0 Å². The number of hydrogen-bond acceptors (Lipinski definition) is 4. The van der Waals surface area contributed by atoms with Crippen LogP contribution in [0.15, 0.2) is 50.2 Å². The summed E-state index contributed by atoms with van der Waals surface area (Å²) in [7, 11) is -1.21. The zero-order chi connectivity index (χ0) is 19.6. The fourth-order valence-corrected chi connectivity index (χ4v) is 4.04. The van der Waals surface area contributed by atoms with Crippen LogP contribution in [0.2, 0.25) is 0 Å². The van der Waals surface area contributed by atoms with Crippen molar-refractivity contribution >= 4 is 32.6 Å². The maximum Gasteiger partial charge on any atom is 0.287 e. The molecule has 1 aromatic heterocycles. The summed E-state index contributed by atoms with van der Waals surface area (Å²) in [4.78, 5) is 15.3. The third kappa shape index (κ3) is 7.24. The lowest BCUT2D eigenvalue weighted by molar-refractivity contribution is 0.0919. The van der Waals surface area contributed by atoms with E-state index in [1.807, 2.05) is 24.3 Å². The molecule has 1 N–H and O–H groups in total. The van der Waals surface area contributed by atoms with Gasteiger partial charge in [0, 0.05) is 22.5 Å². The second-order valence-corrected chi connectivity index (χ2v) is 8.67. The zero-order valence-electron chi connectivity index (χ0n) is 15.9. The fourth-order valence-electron chi connectivity index (χ4n) is 2.76. The minimum atomic E-state index is -1.21. The molecule has 0 spiro atoms. The predicted molar refractivity (Wildman–Crippen MR) is 112 cm³/mol. The largest absolute Gasteiger partial charge is 0.455 e. The van der Waals surface area contributed by atoms with Gasteiger partial charge in [-0.15, -0.1) is 0 Å². The molecule has 7 heteroatoms. The topological polar surface area (TPSA) is 62.6 Å². The number of hydrogen-bond donors (Lipinski definition) is 1. The van der Waals surface area contributed by atoms with Gasteiger partial charge in [0.05, 0.1) is 16.6 Å². The van der Waals surface area contributed by atoms with Crippen molar-refractivity contribution in [2.75, 3.05) is 26.2 Å². The number of carbonyl (C=O) groups excluding carboxylic acids is 1. The van der Waals surface area contributed by atoms with E-state index in [0.717, 1.165) is 41.8 Å². The zero-order valence-corrected chi connectivity index (χ0v) is 18.3. The highest BCUT2D eigenvalue weighted by molar-refractivity contribution is 9.10. The Balaban J connectivity index is 1.84. The second-order valence-electron chi connectivity index (χ2n) is 6.31. The van der Waals surface area contributed by atoms with Crippen molar-refractivity contribution in [2.45, 2.75) is 37.3 Å². The number of nitrogens with one attached hydrogen (secondary N) is 1. The van der Waals surface area contributed by atoms with Gasteiger partial charge in [-0.05, 0) is 62.3 Å². The number of benzene rings is 1. The normalized spacial score (nSPS) is 12.3. The van der Waals surface area contributed by atoms with Crippen molar-refractivity contribution in [1.29, 1.82) is 0 Å². The van der Waals surface area contributed by atoms with E-state index < -0.39 is 10.8 Å². The van der Waals surface area contributed by atoms with Crippen LogP contribution in [0.25, 0.3) is 0 Å². The molecule has 148 valence electrons. The Morgan fingerprint density at radius 1 is 1.07 bits per heavy atom. The number of rotatable bonds is 11. The average molecular weight is 455 g/mol. The monoisotopic (exact) mass is 454 g/mol. The Kier molecular flexibility index (Phi) is 9.24. The molecule has 0 aliphatic carbocycles. The molecule has 1 atom stereocenters. The molecule has 0 aliphatic heterocycles. The Morgan fingerprint density at radius 3 is 2.37 bits per heavy atom. The van der Waals surface area contributed by atoms with E-state index >= 15 is 0 Å². The summed E-state index contributed by atoms with van der Waals surface area (Å²) < 4.78 is 18.9. The van der Waals surface area contributed by atoms with Gasteiger partial charge in [0.1, 0.15) is 5.76 Å². The van der Waals surface area contributed by atoms with Crippen LogP contribution in [0, 0.1) is 0 Å². The van der Waals surface area contributed by atoms with Gasteiger partial charge in [0.2, 0.25) is 0 Å². The first kappa shape index (κ1) is 21.9. The SMILES string of the molecule is CCCN(CCC)CCNC(=O)c1ccc(C[S@](=O)c2ccc(Br)cc2)o1. The van der Waals surface area contributed by atoms with E-state index in [1.54, 1.807) is 12.1 Å². The van der Waals surface area contributed by atoms with Crippen molar-refractivity contribution in [2.24, 2.45) is 0 Å². The second kappa shape index (κ2) is 11.4. The molecular weight excluding hydrogens is 428 g/mol. The summed E-state index contributed by atoms with van der Waals surface area (Å²) in [5.41, 5.74) is 0. The number of amides is 1. The van der Waals surface area contributed by atoms with Crippen LogP contribution in [-0.2, 0) is 16.6 Å². The van der Waals surface area contributed by atoms with Crippen LogP contribution in [0.3, 0.4) is 0 Å². The molecule has 0 aliphatic rings. The van der Waals surface area contributed by atoms with Gasteiger partial charge in [-0.1, -0.05) is 29.8 Å². The Hall–Kier alpha value is -1.44. The molecule has 1 amide bonds. The molecule has 2 aromatic rings. The first-order chi connectivity index (χ1) is 13.0. The fraction of sp³-hybridized carbons (Fsp3) is 0.450. The van der Waals surface area contributed by atoms with Gasteiger partial charge < -0.3 is 14.6 Å². The highest BCUT2D eigenvalue weighted by atomic mass is 79.9. The standard InChI is InChI=1S/C20H27BrN2O3S/c1-3-12-23(13-4-2)14-11-22-20(24)19-10-7-17(26-19)15-27(25)18-8-5-16(21)6-9-18/h5-10H,3-4,11-15H2,1-2H3,(H,22,24)/t27-/m0/s1. The van der Waals surface area contributed by atoms with Crippen molar-refractivity contribution in [1.82, 2.24) is 10.2 Å². The first-order valence-corrected chi connectivity index (χ1v) is 11.4. The van der Waals surface area contributed by atoms with E-state index in [0.29, 0.717) is 12.3 Å². The lowest BCUT2D eigenvalue weighted by atomic mass is 10.3. The third-order valence-electron chi connectivity index (χ3n) is 4.03. The molecule has 0 unspecified atom stereocenters. The molecule has 2 rings (SSSR count). The van der Waals surface area contributed by atoms with Crippen molar-refractivity contribution in [3.63, 3.8) is 0 Å². The molecule has 1 aromatic carbocycles. The number of halogens is 1. The highest BCUT2D eigenvalue weighted by Crippen LogP contribution is 2.17. The van der Waals surface area contributed by atoms with Crippen molar-refractivity contribution in [3.8, 4) is 0 Å². The molecule has 0 bridgehead atoms. The summed E-state index contributed by atoms with van der Waals surface area (Å²) in [5.74, 6) is 0.814. The van der Waals surface area contributed by atoms with E-state index in [2.05, 4.69) is 40.0 Å². The summed E-state index contributed by atoms with van der Waals surface area (Å²) in [6, 6.07) is 10.7. The van der Waals surface area contributed by atoms with E-state index in [1.165, 1.54) is 0 Å². The quantitative estimate of drug-likeness (QED) is 0.552. The van der Waals surface area contributed by atoms with Gasteiger partial charge in [-0.2, -0.15) is 0 Å². The maximum absolute atomic E-state index is 12.4. The predicted octanol–water partition coefficient (Wildman–Crippen LogP) is 4.20. The van der Waals surface area contributed by atoms with Crippen LogP contribution in [0.5, 0.6) is 0 Å². The summed E-state index contributed by atoms with van der Waals surface area (Å²) in [5, 5.41) is 2.90. The number of carbonyl (C=O) groups is 1. The highest BCUT2D eigenvalue weighted by Gasteiger charge is 2.14. The number of nitrogens with zero attached hydrogens (tertiary/aromatic N) is 1. The molecule has 27 heavy (non-hydrogen) atoms. The van der Waals surface area contributed by atoms with Crippen LogP contribution in [0.1, 0.15) is 43.0 Å². The minimum Gasteiger partial charge on any atom is -0.455 e. The van der Waals surface area contributed by atoms with Crippen LogP contribution in [-0.4, -0.2) is 41.2 Å². The Bertz CT molecular complexity index is 740. The van der Waals surface area contributed by atoms with E-state index in [4.69, 9.17) is 4.42 Å². The molecule has 5 nitrogen and oxygen atoms in total. The third-order valence-corrected chi connectivity index (χ3v) is 5.90. The Morgan fingerprint density at radius 2 is 1.74 bits per heavy atom. The molecule has 1 heterocycles. The van der Waals surface area contributed by atoms with Crippen molar-refractivity contribution in [3.05, 3.63) is 52.4 Å². The minimum absolute atomic E-state index is 0.233. The summed E-state index contributed by atoms with van der Waals surface area (Å²) in [6.07, 6.45) is 2.20. The van der Waals surface area contributed by atoms with Gasteiger partial charge in [-0.3, -0.25) is 9.00 Å². The lowest BCUT2D eigenvalue weighted by Crippen LogP contribution is -2.35. The summed E-state index contributed by atoms with van der Waals surface area (Å²) >= 11 is 3.36. The molecule has 0 fully saturated rings. The Labute approximate surface area is 172 Å². The molecule has 0 radical (unpaired) electrons. The average Bonchev–Trinajstić information content (AvgIpc) is 3.11. The molecular formula is C20H27BrN2O3S. The summed E-state index contributed by atoms with van der Waals surface area (Å²) in [6.45, 7) is 7.80.